The van der Waals surface area contributed by atoms with Crippen LogP contribution in [0, 0.1) is 6.92 Å². The Morgan fingerprint density at radius 3 is 2.44 bits per heavy atom. The average Bonchev–Trinajstić information content (AvgIpc) is 3.13. The highest BCUT2D eigenvalue weighted by Gasteiger charge is 2.33. The summed E-state index contributed by atoms with van der Waals surface area (Å²) in [6.07, 6.45) is 1.69. The molecule has 1 aliphatic heterocycles. The van der Waals surface area contributed by atoms with Crippen molar-refractivity contribution < 1.29 is 19.4 Å². The van der Waals surface area contributed by atoms with E-state index in [1.807, 2.05) is 61.5 Å². The highest BCUT2D eigenvalue weighted by Crippen LogP contribution is 2.42. The third-order valence-electron chi connectivity index (χ3n) is 5.14. The summed E-state index contributed by atoms with van der Waals surface area (Å²) in [5.74, 6) is -0.476. The molecule has 3 aromatic carbocycles. The van der Waals surface area contributed by atoms with Crippen molar-refractivity contribution in [2.24, 2.45) is 4.99 Å². The molecule has 0 saturated heterocycles. The summed E-state index contributed by atoms with van der Waals surface area (Å²) in [6.45, 7) is 4.21. The van der Waals surface area contributed by atoms with Crippen LogP contribution >= 0.6 is 35.0 Å². The average molecular weight is 540 g/mol. The number of thioether (sulfide) groups is 1. The summed E-state index contributed by atoms with van der Waals surface area (Å²) in [4.78, 5) is 17.6. The summed E-state index contributed by atoms with van der Waals surface area (Å²) in [7, 11) is 0. The standard InChI is InChI=1S/C28H23Cl2NO4S/c1-3-34-28(33)24-25(32)23(36-27(24)31-20-10-5-4-6-11-20)15-19-13-21(29)26(22(30)14-19)35-16-18-9-7-8-17(2)12-18/h4-15,32H,3,16H2,1-2H3/b23-15-,31-27?. The molecule has 0 unspecified atom stereocenters. The van der Waals surface area contributed by atoms with Crippen LogP contribution in [0.4, 0.5) is 5.69 Å². The van der Waals surface area contributed by atoms with Crippen molar-refractivity contribution in [1.82, 2.24) is 0 Å². The van der Waals surface area contributed by atoms with Crippen LogP contribution in [0.5, 0.6) is 5.75 Å². The fourth-order valence-electron chi connectivity index (χ4n) is 3.52. The Balaban J connectivity index is 1.63. The summed E-state index contributed by atoms with van der Waals surface area (Å²) in [6, 6.07) is 20.5. The molecular weight excluding hydrogens is 517 g/mol. The minimum Gasteiger partial charge on any atom is -0.506 e. The Kier molecular flexibility index (Phi) is 8.41. The van der Waals surface area contributed by atoms with E-state index < -0.39 is 5.97 Å². The zero-order valence-corrected chi connectivity index (χ0v) is 22.0. The third-order valence-corrected chi connectivity index (χ3v) is 6.72. The summed E-state index contributed by atoms with van der Waals surface area (Å²) < 4.78 is 11.0. The number of para-hydroxylation sites is 1. The maximum absolute atomic E-state index is 12.6. The third kappa shape index (κ3) is 6.13. The highest BCUT2D eigenvalue weighted by molar-refractivity contribution is 8.18. The van der Waals surface area contributed by atoms with Crippen LogP contribution < -0.4 is 4.74 Å². The van der Waals surface area contributed by atoms with Crippen molar-refractivity contribution in [3.8, 4) is 5.75 Å². The van der Waals surface area contributed by atoms with Gasteiger partial charge in [-0.15, -0.1) is 0 Å². The van der Waals surface area contributed by atoms with Gasteiger partial charge in [0.15, 0.2) is 5.75 Å². The van der Waals surface area contributed by atoms with E-state index in [2.05, 4.69) is 4.99 Å². The molecule has 1 aliphatic rings. The summed E-state index contributed by atoms with van der Waals surface area (Å²) >= 11 is 14.1. The first-order valence-corrected chi connectivity index (χ1v) is 12.7. The number of carbonyl (C=O) groups is 1. The van der Waals surface area contributed by atoms with Gasteiger partial charge in [0, 0.05) is 0 Å². The van der Waals surface area contributed by atoms with E-state index in [-0.39, 0.29) is 17.9 Å². The molecule has 0 radical (unpaired) electrons. The Morgan fingerprint density at radius 1 is 1.06 bits per heavy atom. The maximum Gasteiger partial charge on any atom is 0.344 e. The topological polar surface area (TPSA) is 68.1 Å². The normalized spacial score (nSPS) is 15.6. The Bertz CT molecular complexity index is 1360. The van der Waals surface area contributed by atoms with E-state index in [1.165, 1.54) is 0 Å². The monoisotopic (exact) mass is 539 g/mol. The molecule has 0 aliphatic carbocycles. The number of aryl methyl sites for hydroxylation is 1. The smallest absolute Gasteiger partial charge is 0.344 e. The summed E-state index contributed by atoms with van der Waals surface area (Å²) in [5, 5.41) is 11.9. The number of esters is 1. The Hall–Kier alpha value is -3.19. The molecular formula is C28H23Cl2NO4S. The van der Waals surface area contributed by atoms with E-state index in [9.17, 15) is 9.90 Å². The Labute approximate surface area is 224 Å². The summed E-state index contributed by atoms with van der Waals surface area (Å²) in [5.41, 5.74) is 3.44. The molecule has 3 aromatic rings. The van der Waals surface area contributed by atoms with Gasteiger partial charge in [-0.25, -0.2) is 9.79 Å². The van der Waals surface area contributed by atoms with Crippen LogP contribution in [-0.2, 0) is 16.1 Å². The Morgan fingerprint density at radius 2 is 1.78 bits per heavy atom. The van der Waals surface area contributed by atoms with Gasteiger partial charge >= 0.3 is 5.97 Å². The lowest BCUT2D eigenvalue weighted by Gasteiger charge is -2.11. The van der Waals surface area contributed by atoms with Gasteiger partial charge < -0.3 is 14.6 Å². The van der Waals surface area contributed by atoms with Crippen molar-refractivity contribution >= 4 is 57.7 Å². The van der Waals surface area contributed by atoms with Gasteiger partial charge in [-0.05, 0) is 55.3 Å². The largest absolute Gasteiger partial charge is 0.506 e. The second kappa shape index (κ2) is 11.7. The molecule has 4 rings (SSSR count). The quantitative estimate of drug-likeness (QED) is 0.307. The molecule has 36 heavy (non-hydrogen) atoms. The molecule has 8 heteroatoms. The minimum absolute atomic E-state index is 0.0206. The second-order valence-corrected chi connectivity index (χ2v) is 9.74. The van der Waals surface area contributed by atoms with Crippen molar-refractivity contribution in [3.63, 3.8) is 0 Å². The first-order valence-electron chi connectivity index (χ1n) is 11.2. The SMILES string of the molecule is CCOC(=O)C1=C(O)/C(=C/c2cc(Cl)c(OCc3cccc(C)c3)c(Cl)c2)SC1=Nc1ccccc1. The molecule has 1 heterocycles. The molecule has 0 bridgehead atoms. The van der Waals surface area contributed by atoms with Gasteiger partial charge in [-0.1, -0.05) is 83.0 Å². The molecule has 0 atom stereocenters. The zero-order chi connectivity index (χ0) is 25.7. The van der Waals surface area contributed by atoms with Crippen LogP contribution in [-0.4, -0.2) is 22.7 Å². The minimum atomic E-state index is -0.642. The second-order valence-electron chi connectivity index (χ2n) is 7.90. The fraction of sp³-hybridized carbons (Fsp3) is 0.143. The highest BCUT2D eigenvalue weighted by atomic mass is 35.5. The molecule has 184 valence electrons. The van der Waals surface area contributed by atoms with E-state index in [1.54, 1.807) is 25.1 Å². The molecule has 5 nitrogen and oxygen atoms in total. The van der Waals surface area contributed by atoms with Crippen LogP contribution in [0.3, 0.4) is 0 Å². The van der Waals surface area contributed by atoms with E-state index in [0.717, 1.165) is 22.9 Å². The number of benzene rings is 3. The van der Waals surface area contributed by atoms with Crippen molar-refractivity contribution in [3.05, 3.63) is 110 Å². The van der Waals surface area contributed by atoms with Crippen LogP contribution in [0.2, 0.25) is 10.0 Å². The van der Waals surface area contributed by atoms with Gasteiger partial charge in [0.25, 0.3) is 0 Å². The van der Waals surface area contributed by atoms with Crippen molar-refractivity contribution in [2.45, 2.75) is 20.5 Å². The van der Waals surface area contributed by atoms with Gasteiger partial charge in [-0.3, -0.25) is 0 Å². The number of aliphatic hydroxyl groups excluding tert-OH is 1. The lowest BCUT2D eigenvalue weighted by atomic mass is 10.1. The van der Waals surface area contributed by atoms with Gasteiger partial charge in [0.1, 0.15) is 23.0 Å². The molecule has 0 spiro atoms. The van der Waals surface area contributed by atoms with Crippen LogP contribution in [0.1, 0.15) is 23.6 Å². The lowest BCUT2D eigenvalue weighted by Crippen LogP contribution is -2.12. The van der Waals surface area contributed by atoms with Gasteiger partial charge in [0.2, 0.25) is 0 Å². The number of aliphatic hydroxyl groups is 1. The molecule has 0 saturated carbocycles. The van der Waals surface area contributed by atoms with Gasteiger partial charge in [-0.2, -0.15) is 0 Å². The van der Waals surface area contributed by atoms with E-state index in [4.69, 9.17) is 32.7 Å². The fourth-order valence-corrected chi connectivity index (χ4v) is 5.17. The molecule has 1 N–H and O–H groups in total. The van der Waals surface area contributed by atoms with Crippen LogP contribution in [0.25, 0.3) is 6.08 Å². The number of ether oxygens (including phenoxy) is 2. The predicted molar refractivity (Wildman–Crippen MR) is 147 cm³/mol. The number of nitrogens with zero attached hydrogens (tertiary/aromatic N) is 1. The van der Waals surface area contributed by atoms with Crippen LogP contribution in [0.15, 0.2) is 88.0 Å². The zero-order valence-electron chi connectivity index (χ0n) is 19.6. The van der Waals surface area contributed by atoms with E-state index in [0.29, 0.717) is 43.6 Å². The number of hydrogen-bond acceptors (Lipinski definition) is 6. The van der Waals surface area contributed by atoms with E-state index >= 15 is 0 Å². The number of halogens is 2. The number of rotatable bonds is 7. The van der Waals surface area contributed by atoms with Gasteiger partial charge in [0.05, 0.1) is 27.2 Å². The first-order chi connectivity index (χ1) is 17.4. The maximum atomic E-state index is 12.6. The number of hydrogen-bond donors (Lipinski definition) is 1. The molecule has 0 fully saturated rings. The number of carbonyl (C=O) groups excluding carboxylic acids is 1. The number of aliphatic imine (C=N–C) groups is 1. The first kappa shape index (κ1) is 25.9. The molecule has 0 amide bonds. The van der Waals surface area contributed by atoms with Crippen molar-refractivity contribution in [1.29, 1.82) is 0 Å². The lowest BCUT2D eigenvalue weighted by molar-refractivity contribution is -0.138. The van der Waals surface area contributed by atoms with Crippen molar-refractivity contribution in [2.75, 3.05) is 6.61 Å². The predicted octanol–water partition coefficient (Wildman–Crippen LogP) is 8.07. The molecule has 0 aromatic heterocycles.